The number of hydrogen-bond acceptors (Lipinski definition) is 5. The molecule has 0 spiro atoms. The Morgan fingerprint density at radius 1 is 1.24 bits per heavy atom. The molecule has 1 aromatic carbocycles. The molecule has 2 rings (SSSR count). The molecule has 0 saturated heterocycles. The fraction of sp³-hybridized carbons (Fsp3) is 0.412. The minimum absolute atomic E-state index is 0.178. The molecule has 2 aromatic rings. The molecule has 1 aromatic heterocycles. The van der Waals surface area contributed by atoms with Crippen LogP contribution in [0.1, 0.15) is 42.7 Å². The Morgan fingerprint density at radius 2 is 1.92 bits per heavy atom. The van der Waals surface area contributed by atoms with Gasteiger partial charge in [-0.25, -0.2) is 8.42 Å². The highest BCUT2D eigenvalue weighted by Gasteiger charge is 2.22. The van der Waals surface area contributed by atoms with Crippen molar-refractivity contribution >= 4 is 21.8 Å². The summed E-state index contributed by atoms with van der Waals surface area (Å²) in [7, 11) is -3.55. The van der Waals surface area contributed by atoms with Gasteiger partial charge in [0.1, 0.15) is 0 Å². The number of sulfonamides is 1. The third-order valence-electron chi connectivity index (χ3n) is 3.73. The second-order valence-electron chi connectivity index (χ2n) is 5.66. The Kier molecular flexibility index (Phi) is 6.33. The quantitative estimate of drug-likeness (QED) is 0.776. The highest BCUT2D eigenvalue weighted by Crippen LogP contribution is 2.18. The Labute approximate surface area is 148 Å². The number of aryl methyl sites for hydroxylation is 1. The van der Waals surface area contributed by atoms with Gasteiger partial charge in [0, 0.05) is 24.7 Å². The third kappa shape index (κ3) is 4.67. The monoisotopic (exact) mass is 365 g/mol. The van der Waals surface area contributed by atoms with Gasteiger partial charge in [-0.1, -0.05) is 25.4 Å². The number of aromatic nitrogens is 1. The van der Waals surface area contributed by atoms with Crippen LogP contribution in [0.15, 0.2) is 39.8 Å². The van der Waals surface area contributed by atoms with Crippen LogP contribution in [-0.4, -0.2) is 36.9 Å². The molecule has 0 bridgehead atoms. The van der Waals surface area contributed by atoms with Gasteiger partial charge in [-0.15, -0.1) is 0 Å². The number of rotatable bonds is 8. The largest absolute Gasteiger partial charge is 0.338 e. The topological polar surface area (TPSA) is 92.5 Å². The first-order chi connectivity index (χ1) is 11.9. The second-order valence-corrected chi connectivity index (χ2v) is 7.60. The van der Waals surface area contributed by atoms with E-state index in [0.717, 1.165) is 12.8 Å². The van der Waals surface area contributed by atoms with E-state index >= 15 is 0 Å². The first kappa shape index (κ1) is 19.1. The minimum Gasteiger partial charge on any atom is -0.338 e. The van der Waals surface area contributed by atoms with E-state index in [2.05, 4.69) is 10.5 Å². The number of carbonyl (C=O) groups is 1. The highest BCUT2D eigenvalue weighted by molar-refractivity contribution is 7.89. The fourth-order valence-electron chi connectivity index (χ4n) is 2.32. The van der Waals surface area contributed by atoms with Crippen LogP contribution in [0, 0.1) is 6.92 Å². The number of carbonyl (C=O) groups excluding carboxylic acids is 1. The molecule has 0 aliphatic rings. The lowest BCUT2D eigenvalue weighted by atomic mass is 10.2. The van der Waals surface area contributed by atoms with E-state index in [1.165, 1.54) is 28.6 Å². The number of nitrogens with one attached hydrogen (secondary N) is 1. The Morgan fingerprint density at radius 3 is 2.44 bits per heavy atom. The fourth-order valence-corrected chi connectivity index (χ4v) is 3.80. The minimum atomic E-state index is -3.55. The molecule has 1 heterocycles. The van der Waals surface area contributed by atoms with Gasteiger partial charge in [0.25, 0.3) is 5.91 Å². The van der Waals surface area contributed by atoms with Crippen LogP contribution in [0.4, 0.5) is 5.88 Å². The lowest BCUT2D eigenvalue weighted by molar-refractivity contribution is 0.102. The number of anilines is 1. The van der Waals surface area contributed by atoms with E-state index in [4.69, 9.17) is 4.52 Å². The SMILES string of the molecule is CCCCN(CC)S(=O)(=O)c1ccc(C(=O)Nc2cc(C)no2)cc1. The van der Waals surface area contributed by atoms with Crippen LogP contribution >= 0.6 is 0 Å². The summed E-state index contributed by atoms with van der Waals surface area (Å²) in [6, 6.07) is 7.47. The van der Waals surface area contributed by atoms with Gasteiger partial charge in [-0.2, -0.15) is 4.31 Å². The number of unbranched alkanes of at least 4 members (excludes halogenated alkanes) is 1. The van der Waals surface area contributed by atoms with Crippen molar-refractivity contribution in [1.29, 1.82) is 0 Å². The van der Waals surface area contributed by atoms with Gasteiger partial charge in [-0.3, -0.25) is 10.1 Å². The van der Waals surface area contributed by atoms with Crippen molar-refractivity contribution in [3.63, 3.8) is 0 Å². The summed E-state index contributed by atoms with van der Waals surface area (Å²) >= 11 is 0. The predicted molar refractivity (Wildman–Crippen MR) is 95.0 cm³/mol. The normalized spacial score (nSPS) is 11.7. The first-order valence-corrected chi connectivity index (χ1v) is 9.67. The summed E-state index contributed by atoms with van der Waals surface area (Å²) in [6.07, 6.45) is 1.73. The van der Waals surface area contributed by atoms with Crippen molar-refractivity contribution in [3.05, 3.63) is 41.6 Å². The molecule has 0 aliphatic carbocycles. The molecule has 136 valence electrons. The smallest absolute Gasteiger partial charge is 0.258 e. The molecule has 0 atom stereocenters. The number of benzene rings is 1. The van der Waals surface area contributed by atoms with Crippen molar-refractivity contribution in [2.24, 2.45) is 0 Å². The average Bonchev–Trinajstić information content (AvgIpc) is 3.00. The third-order valence-corrected chi connectivity index (χ3v) is 5.72. The molecule has 0 fully saturated rings. The molecule has 0 radical (unpaired) electrons. The molecule has 1 N–H and O–H groups in total. The molecular formula is C17H23N3O4S. The molecule has 0 unspecified atom stereocenters. The summed E-state index contributed by atoms with van der Waals surface area (Å²) in [4.78, 5) is 12.3. The summed E-state index contributed by atoms with van der Waals surface area (Å²) in [5.41, 5.74) is 0.994. The number of hydrogen-bond donors (Lipinski definition) is 1. The van der Waals surface area contributed by atoms with E-state index in [-0.39, 0.29) is 10.8 Å². The Bertz CT molecular complexity index is 813. The standard InChI is InChI=1S/C17H23N3O4S/c1-4-6-11-20(5-2)25(22,23)15-9-7-14(8-10-15)17(21)18-16-12-13(3)19-24-16/h7-10,12H,4-6,11H2,1-3H3,(H,18,21). The highest BCUT2D eigenvalue weighted by atomic mass is 32.2. The molecule has 0 aliphatic heterocycles. The maximum absolute atomic E-state index is 12.6. The van der Waals surface area contributed by atoms with E-state index in [0.29, 0.717) is 24.3 Å². The van der Waals surface area contributed by atoms with Gasteiger partial charge < -0.3 is 4.52 Å². The predicted octanol–water partition coefficient (Wildman–Crippen LogP) is 3.05. The van der Waals surface area contributed by atoms with Crippen molar-refractivity contribution < 1.29 is 17.7 Å². The summed E-state index contributed by atoms with van der Waals surface area (Å²) < 4.78 is 31.7. The zero-order valence-corrected chi connectivity index (χ0v) is 15.5. The lowest BCUT2D eigenvalue weighted by Gasteiger charge is -2.20. The van der Waals surface area contributed by atoms with Gasteiger partial charge in [-0.05, 0) is 37.6 Å². The Balaban J connectivity index is 2.13. The first-order valence-electron chi connectivity index (χ1n) is 8.23. The van der Waals surface area contributed by atoms with E-state index in [9.17, 15) is 13.2 Å². The van der Waals surface area contributed by atoms with Crippen molar-refractivity contribution in [1.82, 2.24) is 9.46 Å². The van der Waals surface area contributed by atoms with Gasteiger partial charge in [0.2, 0.25) is 15.9 Å². The van der Waals surface area contributed by atoms with Crippen LogP contribution in [0.2, 0.25) is 0 Å². The molecule has 1 amide bonds. The second kappa shape index (κ2) is 8.26. The number of nitrogens with zero attached hydrogens (tertiary/aromatic N) is 2. The molecule has 7 nitrogen and oxygen atoms in total. The summed E-state index contributed by atoms with van der Waals surface area (Å²) in [5.74, 6) is -0.144. The Hall–Kier alpha value is -2.19. The van der Waals surface area contributed by atoms with Gasteiger partial charge in [0.05, 0.1) is 10.6 Å². The van der Waals surface area contributed by atoms with Crippen LogP contribution < -0.4 is 5.32 Å². The van der Waals surface area contributed by atoms with E-state index in [1.807, 2.05) is 13.8 Å². The summed E-state index contributed by atoms with van der Waals surface area (Å²) in [5, 5.41) is 6.26. The van der Waals surface area contributed by atoms with Gasteiger partial charge in [0.15, 0.2) is 0 Å². The average molecular weight is 365 g/mol. The molecule has 8 heteroatoms. The van der Waals surface area contributed by atoms with E-state index < -0.39 is 15.9 Å². The number of amides is 1. The maximum atomic E-state index is 12.6. The van der Waals surface area contributed by atoms with Crippen LogP contribution in [0.25, 0.3) is 0 Å². The molecule has 25 heavy (non-hydrogen) atoms. The maximum Gasteiger partial charge on any atom is 0.258 e. The van der Waals surface area contributed by atoms with Crippen molar-refractivity contribution in [3.8, 4) is 0 Å². The zero-order valence-electron chi connectivity index (χ0n) is 14.7. The van der Waals surface area contributed by atoms with Crippen LogP contribution in [0.3, 0.4) is 0 Å². The summed E-state index contributed by atoms with van der Waals surface area (Å²) in [6.45, 7) is 6.48. The zero-order chi connectivity index (χ0) is 18.4. The van der Waals surface area contributed by atoms with E-state index in [1.54, 1.807) is 13.0 Å². The molecule has 0 saturated carbocycles. The van der Waals surface area contributed by atoms with Gasteiger partial charge >= 0.3 is 0 Å². The van der Waals surface area contributed by atoms with Crippen LogP contribution in [0.5, 0.6) is 0 Å². The van der Waals surface area contributed by atoms with Crippen molar-refractivity contribution in [2.75, 3.05) is 18.4 Å². The van der Waals surface area contributed by atoms with Crippen molar-refractivity contribution in [2.45, 2.75) is 38.5 Å². The lowest BCUT2D eigenvalue weighted by Crippen LogP contribution is -2.31. The van der Waals surface area contributed by atoms with Crippen LogP contribution in [-0.2, 0) is 10.0 Å². The molecular weight excluding hydrogens is 342 g/mol.